The van der Waals surface area contributed by atoms with Crippen LogP contribution in [0, 0.1) is 5.82 Å². The van der Waals surface area contributed by atoms with Crippen LogP contribution in [0.5, 0.6) is 0 Å². The van der Waals surface area contributed by atoms with E-state index in [4.69, 9.17) is 11.6 Å². The van der Waals surface area contributed by atoms with Gasteiger partial charge in [0.2, 0.25) is 0 Å². The molecule has 0 saturated carbocycles. The van der Waals surface area contributed by atoms with Crippen LogP contribution in [0.25, 0.3) is 0 Å². The molecule has 0 aliphatic carbocycles. The van der Waals surface area contributed by atoms with E-state index in [0.717, 1.165) is 6.07 Å². The number of benzene rings is 1. The highest BCUT2D eigenvalue weighted by atomic mass is 79.9. The summed E-state index contributed by atoms with van der Waals surface area (Å²) in [5.74, 6) is -0.865. The lowest BCUT2D eigenvalue weighted by molar-refractivity contribution is 0.102. The minimum atomic E-state index is -0.483. The summed E-state index contributed by atoms with van der Waals surface area (Å²) in [5, 5.41) is 8.86. The molecule has 4 nitrogen and oxygen atoms in total. The molecule has 2 N–H and O–H groups in total. The zero-order valence-corrected chi connectivity index (χ0v) is 10.6. The summed E-state index contributed by atoms with van der Waals surface area (Å²) in [6.45, 7) is 0. The van der Waals surface area contributed by atoms with Gasteiger partial charge in [-0.2, -0.15) is 5.10 Å². The van der Waals surface area contributed by atoms with Crippen molar-refractivity contribution in [1.29, 1.82) is 0 Å². The Kier molecular flexibility index (Phi) is 3.44. The van der Waals surface area contributed by atoms with Gasteiger partial charge in [-0.15, -0.1) is 0 Å². The maximum absolute atomic E-state index is 13.0. The van der Waals surface area contributed by atoms with Crippen LogP contribution >= 0.6 is 27.5 Å². The van der Waals surface area contributed by atoms with Gasteiger partial charge in [0, 0.05) is 10.7 Å². The van der Waals surface area contributed by atoms with Crippen LogP contribution in [-0.2, 0) is 0 Å². The average Bonchev–Trinajstić information content (AvgIpc) is 2.76. The fourth-order valence-electron chi connectivity index (χ4n) is 1.22. The molecule has 0 radical (unpaired) electrons. The number of hydrogen-bond donors (Lipinski definition) is 2. The van der Waals surface area contributed by atoms with E-state index in [9.17, 15) is 9.18 Å². The minimum Gasteiger partial charge on any atom is -0.320 e. The number of carbonyl (C=O) groups is 1. The van der Waals surface area contributed by atoms with Gasteiger partial charge in [-0.1, -0.05) is 11.6 Å². The minimum absolute atomic E-state index is 0.119. The van der Waals surface area contributed by atoms with Crippen LogP contribution in [0.4, 0.5) is 10.1 Å². The molecule has 0 spiro atoms. The first-order valence-electron chi connectivity index (χ1n) is 4.52. The molecule has 0 unspecified atom stereocenters. The molecule has 0 fully saturated rings. The Morgan fingerprint density at radius 1 is 1.53 bits per heavy atom. The molecule has 17 heavy (non-hydrogen) atoms. The summed E-state index contributed by atoms with van der Waals surface area (Å²) in [6.07, 6.45) is 2.82. The second kappa shape index (κ2) is 4.85. The van der Waals surface area contributed by atoms with E-state index < -0.39 is 5.82 Å². The molecule has 88 valence electrons. The van der Waals surface area contributed by atoms with Crippen molar-refractivity contribution in [2.24, 2.45) is 0 Å². The Hall–Kier alpha value is -1.40. The van der Waals surface area contributed by atoms with Crippen LogP contribution < -0.4 is 5.32 Å². The molecule has 0 bridgehead atoms. The summed E-state index contributed by atoms with van der Waals surface area (Å²) in [6, 6.07) is 2.34. The monoisotopic (exact) mass is 317 g/mol. The zero-order valence-electron chi connectivity index (χ0n) is 8.30. The standard InChI is InChI=1S/C10H6BrClFN3O/c11-7-1-6(13)2-8(12)9(7)16-10(17)5-3-14-15-4-5/h1-4H,(H,14,15)(H,16,17). The maximum atomic E-state index is 13.0. The Morgan fingerprint density at radius 3 is 2.88 bits per heavy atom. The van der Waals surface area contributed by atoms with Crippen LogP contribution in [0.2, 0.25) is 5.02 Å². The zero-order chi connectivity index (χ0) is 12.4. The largest absolute Gasteiger partial charge is 0.320 e. The van der Waals surface area contributed by atoms with E-state index in [1.165, 1.54) is 18.5 Å². The Labute approximate surface area is 109 Å². The van der Waals surface area contributed by atoms with Crippen molar-refractivity contribution in [3.63, 3.8) is 0 Å². The van der Waals surface area contributed by atoms with Crippen molar-refractivity contribution in [3.8, 4) is 0 Å². The second-order valence-corrected chi connectivity index (χ2v) is 4.45. The topological polar surface area (TPSA) is 57.8 Å². The highest BCUT2D eigenvalue weighted by molar-refractivity contribution is 9.10. The highest BCUT2D eigenvalue weighted by Crippen LogP contribution is 2.31. The second-order valence-electron chi connectivity index (χ2n) is 3.19. The van der Waals surface area contributed by atoms with Crippen molar-refractivity contribution >= 4 is 39.1 Å². The van der Waals surface area contributed by atoms with Gasteiger partial charge in [0.25, 0.3) is 5.91 Å². The molecule has 0 aliphatic heterocycles. The molecule has 1 aromatic carbocycles. The number of amides is 1. The van der Waals surface area contributed by atoms with E-state index >= 15 is 0 Å². The lowest BCUT2D eigenvalue weighted by Crippen LogP contribution is -2.12. The number of H-pyrrole nitrogens is 1. The number of carbonyl (C=O) groups excluding carboxylic acids is 1. The number of hydrogen-bond acceptors (Lipinski definition) is 2. The molecular formula is C10H6BrClFN3O. The van der Waals surface area contributed by atoms with Gasteiger partial charge in [0.05, 0.1) is 22.5 Å². The predicted molar refractivity (Wildman–Crippen MR) is 65.7 cm³/mol. The molecule has 1 amide bonds. The number of anilines is 1. The van der Waals surface area contributed by atoms with Crippen LogP contribution in [0.15, 0.2) is 29.0 Å². The Morgan fingerprint density at radius 2 is 2.29 bits per heavy atom. The Balaban J connectivity index is 2.28. The van der Waals surface area contributed by atoms with Crippen molar-refractivity contribution in [1.82, 2.24) is 10.2 Å². The number of nitrogens with zero attached hydrogens (tertiary/aromatic N) is 1. The van der Waals surface area contributed by atoms with E-state index in [1.54, 1.807) is 0 Å². The fourth-order valence-corrected chi connectivity index (χ4v) is 2.12. The average molecular weight is 319 g/mol. The van der Waals surface area contributed by atoms with Crippen molar-refractivity contribution < 1.29 is 9.18 Å². The number of rotatable bonds is 2. The molecule has 1 heterocycles. The molecule has 2 aromatic rings. The van der Waals surface area contributed by atoms with Gasteiger partial charge in [-0.3, -0.25) is 9.89 Å². The lowest BCUT2D eigenvalue weighted by Gasteiger charge is -2.08. The van der Waals surface area contributed by atoms with E-state index in [1.807, 2.05) is 0 Å². The van der Waals surface area contributed by atoms with Gasteiger partial charge in [0.1, 0.15) is 5.82 Å². The summed E-state index contributed by atoms with van der Waals surface area (Å²) in [7, 11) is 0. The quantitative estimate of drug-likeness (QED) is 0.893. The number of nitrogens with one attached hydrogen (secondary N) is 2. The van der Waals surface area contributed by atoms with Crippen molar-refractivity contribution in [2.75, 3.05) is 5.32 Å². The number of aromatic amines is 1. The van der Waals surface area contributed by atoms with Crippen LogP contribution in [-0.4, -0.2) is 16.1 Å². The highest BCUT2D eigenvalue weighted by Gasteiger charge is 2.13. The summed E-state index contributed by atoms with van der Waals surface area (Å²) in [4.78, 5) is 11.7. The van der Waals surface area contributed by atoms with Gasteiger partial charge in [-0.25, -0.2) is 4.39 Å². The van der Waals surface area contributed by atoms with Gasteiger partial charge in [-0.05, 0) is 28.1 Å². The maximum Gasteiger partial charge on any atom is 0.258 e. The fraction of sp³-hybridized carbons (Fsp3) is 0. The predicted octanol–water partition coefficient (Wildman–Crippen LogP) is 3.22. The smallest absolute Gasteiger partial charge is 0.258 e. The molecule has 0 aliphatic rings. The summed E-state index contributed by atoms with van der Waals surface area (Å²) >= 11 is 8.96. The molecule has 7 heteroatoms. The van der Waals surface area contributed by atoms with Gasteiger partial charge in [0.15, 0.2) is 0 Å². The SMILES string of the molecule is O=C(Nc1c(Cl)cc(F)cc1Br)c1cn[nH]c1. The number of halogens is 3. The molecule has 1 aromatic heterocycles. The normalized spacial score (nSPS) is 10.3. The van der Waals surface area contributed by atoms with Crippen molar-refractivity contribution in [2.45, 2.75) is 0 Å². The lowest BCUT2D eigenvalue weighted by atomic mass is 10.3. The van der Waals surface area contributed by atoms with Crippen LogP contribution in [0.3, 0.4) is 0 Å². The van der Waals surface area contributed by atoms with E-state index in [-0.39, 0.29) is 10.9 Å². The first-order chi connectivity index (χ1) is 8.08. The first-order valence-corrected chi connectivity index (χ1v) is 5.69. The van der Waals surface area contributed by atoms with E-state index in [0.29, 0.717) is 15.7 Å². The summed E-state index contributed by atoms with van der Waals surface area (Å²) < 4.78 is 13.4. The third-order valence-electron chi connectivity index (χ3n) is 2.01. The molecule has 0 atom stereocenters. The summed E-state index contributed by atoms with van der Waals surface area (Å²) in [5.41, 5.74) is 0.677. The van der Waals surface area contributed by atoms with Gasteiger partial charge >= 0.3 is 0 Å². The third kappa shape index (κ3) is 2.65. The van der Waals surface area contributed by atoms with E-state index in [2.05, 4.69) is 31.4 Å². The first kappa shape index (κ1) is 12.1. The molecule has 0 saturated heterocycles. The van der Waals surface area contributed by atoms with Gasteiger partial charge < -0.3 is 5.32 Å². The molecular weight excluding hydrogens is 312 g/mol. The number of aromatic nitrogens is 2. The third-order valence-corrected chi connectivity index (χ3v) is 2.93. The Bertz CT molecular complexity index is 536. The molecule has 2 rings (SSSR count). The van der Waals surface area contributed by atoms with Crippen LogP contribution in [0.1, 0.15) is 10.4 Å². The van der Waals surface area contributed by atoms with Crippen molar-refractivity contribution in [3.05, 3.63) is 45.4 Å².